The molecule has 1 aliphatic rings. The van der Waals surface area contributed by atoms with Gasteiger partial charge >= 0.3 is 6.61 Å². The number of alkyl halides is 2. The minimum atomic E-state index is -3.14. The summed E-state index contributed by atoms with van der Waals surface area (Å²) in [6.45, 7) is -2.92. The van der Waals surface area contributed by atoms with Gasteiger partial charge in [0.25, 0.3) is 11.8 Å². The molecule has 1 fully saturated rings. The van der Waals surface area contributed by atoms with E-state index in [1.807, 2.05) is 0 Å². The van der Waals surface area contributed by atoms with Crippen LogP contribution >= 0.6 is 0 Å². The Morgan fingerprint density at radius 3 is 2.68 bits per heavy atom. The third kappa shape index (κ3) is 4.61. The molecule has 1 aliphatic heterocycles. The van der Waals surface area contributed by atoms with Crippen LogP contribution in [0.4, 0.5) is 20.2 Å². The van der Waals surface area contributed by atoms with Gasteiger partial charge in [0.05, 0.1) is 12.3 Å². The number of carbonyl (C=O) groups excluding carboxylic acids is 3. The van der Waals surface area contributed by atoms with E-state index in [0.29, 0.717) is 0 Å². The Morgan fingerprint density at radius 1 is 1.36 bits per heavy atom. The van der Waals surface area contributed by atoms with Gasteiger partial charge in [-0.05, 0) is 12.1 Å². The van der Waals surface area contributed by atoms with Crippen LogP contribution in [0.1, 0.15) is 0 Å². The second-order valence-electron chi connectivity index (χ2n) is 5.03. The minimum Gasteiger partial charge on any atom is -0.433 e. The van der Waals surface area contributed by atoms with Crippen molar-refractivity contribution < 1.29 is 32.6 Å². The molecule has 1 saturated heterocycles. The van der Waals surface area contributed by atoms with Crippen LogP contribution in [0.3, 0.4) is 0 Å². The Morgan fingerprint density at radius 2 is 2.08 bits per heavy atom. The third-order valence-electron chi connectivity index (χ3n) is 3.31. The van der Waals surface area contributed by atoms with Crippen molar-refractivity contribution in [3.05, 3.63) is 18.2 Å². The summed E-state index contributed by atoms with van der Waals surface area (Å²) < 4.78 is 34.8. The van der Waals surface area contributed by atoms with E-state index in [1.54, 1.807) is 0 Å². The second kappa shape index (κ2) is 7.85. The first-order valence-electron chi connectivity index (χ1n) is 7.12. The number of nitrogens with one attached hydrogen (secondary N) is 1. The zero-order valence-electron chi connectivity index (χ0n) is 12.9. The molecule has 25 heavy (non-hydrogen) atoms. The number of carbonyl (C=O) groups is 3. The molecule has 1 heterocycles. The maximum Gasteiger partial charge on any atom is 0.387 e. The van der Waals surface area contributed by atoms with E-state index in [2.05, 4.69) is 10.1 Å². The summed E-state index contributed by atoms with van der Waals surface area (Å²) >= 11 is 0. The molecule has 1 aromatic carbocycles. The molecule has 0 aliphatic carbocycles. The number of halogens is 2. The summed E-state index contributed by atoms with van der Waals surface area (Å²) in [4.78, 5) is 35.7. The number of primary amides is 1. The number of anilines is 2. The molecular formula is C14H16F2N4O5. The van der Waals surface area contributed by atoms with Crippen molar-refractivity contribution in [1.82, 2.24) is 0 Å². The van der Waals surface area contributed by atoms with Crippen molar-refractivity contribution in [2.45, 2.75) is 12.7 Å². The number of hydrogen-bond acceptors (Lipinski definition) is 6. The average Bonchev–Trinajstić information content (AvgIpc) is 2.54. The van der Waals surface area contributed by atoms with Gasteiger partial charge in [0, 0.05) is 18.3 Å². The number of ether oxygens (including phenoxy) is 2. The fourth-order valence-electron chi connectivity index (χ4n) is 2.13. The molecule has 0 spiro atoms. The van der Waals surface area contributed by atoms with E-state index >= 15 is 0 Å². The van der Waals surface area contributed by atoms with Crippen LogP contribution in [-0.2, 0) is 19.1 Å². The second-order valence-corrected chi connectivity index (χ2v) is 5.03. The number of benzene rings is 1. The minimum absolute atomic E-state index is 0.0433. The molecule has 0 unspecified atom stereocenters. The SMILES string of the molecule is NC(=O)[C@H](N)C(=O)Nc1ccc(N2CCOCC2=O)c(OC(F)F)c1. The predicted octanol–water partition coefficient (Wildman–Crippen LogP) is -0.598. The molecule has 2 rings (SSSR count). The van der Waals surface area contributed by atoms with Crippen LogP contribution in [0.15, 0.2) is 18.2 Å². The first-order valence-corrected chi connectivity index (χ1v) is 7.12. The van der Waals surface area contributed by atoms with E-state index in [9.17, 15) is 23.2 Å². The van der Waals surface area contributed by atoms with Crippen LogP contribution in [-0.4, -0.2) is 50.1 Å². The Labute approximate surface area is 140 Å². The van der Waals surface area contributed by atoms with E-state index in [-0.39, 0.29) is 36.9 Å². The van der Waals surface area contributed by atoms with Gasteiger partial charge in [0.2, 0.25) is 5.91 Å². The summed E-state index contributed by atoms with van der Waals surface area (Å²) in [5, 5.41) is 2.26. The van der Waals surface area contributed by atoms with E-state index in [1.165, 1.54) is 17.0 Å². The number of morpholine rings is 1. The molecule has 0 bridgehead atoms. The van der Waals surface area contributed by atoms with Gasteiger partial charge in [-0.3, -0.25) is 14.4 Å². The predicted molar refractivity (Wildman–Crippen MR) is 82.0 cm³/mol. The standard InChI is InChI=1S/C14H16F2N4O5/c15-14(16)25-9-5-7(19-13(23)11(17)12(18)22)1-2-8(9)20-3-4-24-6-10(20)21/h1-2,5,11,14H,3-4,6,17H2,(H2,18,22)(H,19,23)/t11-/m0/s1. The summed E-state index contributed by atoms with van der Waals surface area (Å²) in [5.41, 5.74) is 10.4. The van der Waals surface area contributed by atoms with Crippen molar-refractivity contribution in [2.75, 3.05) is 30.0 Å². The summed E-state index contributed by atoms with van der Waals surface area (Å²) in [6, 6.07) is 2.17. The normalized spacial score (nSPS) is 15.8. The first-order chi connectivity index (χ1) is 11.8. The van der Waals surface area contributed by atoms with Gasteiger partial charge in [-0.1, -0.05) is 0 Å². The van der Waals surface area contributed by atoms with Gasteiger partial charge in [0.15, 0.2) is 11.8 Å². The van der Waals surface area contributed by atoms with Crippen molar-refractivity contribution in [3.8, 4) is 5.75 Å². The topological polar surface area (TPSA) is 137 Å². The van der Waals surface area contributed by atoms with E-state index in [4.69, 9.17) is 16.2 Å². The molecule has 3 amide bonds. The maximum absolute atomic E-state index is 12.7. The summed E-state index contributed by atoms with van der Waals surface area (Å²) in [5.74, 6) is -2.70. The molecule has 5 N–H and O–H groups in total. The fourth-order valence-corrected chi connectivity index (χ4v) is 2.13. The zero-order valence-corrected chi connectivity index (χ0v) is 12.9. The molecule has 0 aromatic heterocycles. The molecule has 9 nitrogen and oxygen atoms in total. The number of nitrogens with zero attached hydrogens (tertiary/aromatic N) is 1. The van der Waals surface area contributed by atoms with Gasteiger partial charge in [0.1, 0.15) is 6.61 Å². The van der Waals surface area contributed by atoms with Crippen molar-refractivity contribution in [3.63, 3.8) is 0 Å². The largest absolute Gasteiger partial charge is 0.433 e. The maximum atomic E-state index is 12.7. The highest BCUT2D eigenvalue weighted by atomic mass is 19.3. The summed E-state index contributed by atoms with van der Waals surface area (Å²) in [6.07, 6.45) is 0. The Kier molecular flexibility index (Phi) is 5.83. The molecule has 136 valence electrons. The van der Waals surface area contributed by atoms with Crippen LogP contribution in [0, 0.1) is 0 Å². The Balaban J connectivity index is 2.28. The number of hydrogen-bond donors (Lipinski definition) is 3. The lowest BCUT2D eigenvalue weighted by molar-refractivity contribution is -0.127. The van der Waals surface area contributed by atoms with Gasteiger partial charge in [-0.2, -0.15) is 8.78 Å². The number of nitrogens with two attached hydrogens (primary N) is 2. The van der Waals surface area contributed by atoms with Crippen LogP contribution in [0.25, 0.3) is 0 Å². The smallest absolute Gasteiger partial charge is 0.387 e. The third-order valence-corrected chi connectivity index (χ3v) is 3.31. The highest BCUT2D eigenvalue weighted by molar-refractivity contribution is 6.09. The van der Waals surface area contributed by atoms with Crippen LogP contribution in [0.5, 0.6) is 5.75 Å². The quantitative estimate of drug-likeness (QED) is 0.581. The lowest BCUT2D eigenvalue weighted by Crippen LogP contribution is -2.46. The average molecular weight is 358 g/mol. The van der Waals surface area contributed by atoms with Gasteiger partial charge in [-0.15, -0.1) is 0 Å². The highest BCUT2D eigenvalue weighted by Gasteiger charge is 2.25. The molecule has 11 heteroatoms. The molecule has 0 saturated carbocycles. The monoisotopic (exact) mass is 358 g/mol. The fraction of sp³-hybridized carbons (Fsp3) is 0.357. The zero-order chi connectivity index (χ0) is 18.6. The van der Waals surface area contributed by atoms with Gasteiger partial charge < -0.3 is 31.2 Å². The Hall–Kier alpha value is -2.79. The first kappa shape index (κ1) is 18.5. The van der Waals surface area contributed by atoms with E-state index < -0.39 is 30.4 Å². The summed E-state index contributed by atoms with van der Waals surface area (Å²) in [7, 11) is 0. The Bertz CT molecular complexity index is 685. The molecule has 1 atom stereocenters. The number of rotatable bonds is 6. The lowest BCUT2D eigenvalue weighted by Gasteiger charge is -2.28. The van der Waals surface area contributed by atoms with Gasteiger partial charge in [-0.25, -0.2) is 0 Å². The van der Waals surface area contributed by atoms with Crippen molar-refractivity contribution >= 4 is 29.1 Å². The molecule has 1 aromatic rings. The van der Waals surface area contributed by atoms with Crippen molar-refractivity contribution in [1.29, 1.82) is 0 Å². The van der Waals surface area contributed by atoms with Crippen LogP contribution < -0.4 is 26.4 Å². The number of amides is 3. The lowest BCUT2D eigenvalue weighted by atomic mass is 10.2. The highest BCUT2D eigenvalue weighted by Crippen LogP contribution is 2.33. The van der Waals surface area contributed by atoms with Crippen molar-refractivity contribution in [2.24, 2.45) is 11.5 Å². The van der Waals surface area contributed by atoms with Crippen LogP contribution in [0.2, 0.25) is 0 Å². The molecule has 0 radical (unpaired) electrons. The molecular weight excluding hydrogens is 342 g/mol. The van der Waals surface area contributed by atoms with E-state index in [0.717, 1.165) is 6.07 Å².